The minimum atomic E-state index is -1.30. The standard InChI is InChI=1S/C27H22ClFN2O6/c1-27-18(24(34)30(26(27)36)13-5-8-20(29)19(28)10-13)11-17-15(22(27)12-3-2-4-14(32)9-12)6-7-16-21(17)25(35)31(37)23(16)33/h2-6,8-10,16-18,21-22,32,37H,7,11H2,1H3/t16-,17+,18-,21-,22-,27+/m0/s1. The molecule has 0 unspecified atom stereocenters. The number of imide groups is 2. The van der Waals surface area contributed by atoms with Gasteiger partial charge in [-0.15, -0.1) is 0 Å². The molecule has 2 aromatic rings. The third kappa shape index (κ3) is 3.10. The molecule has 3 fully saturated rings. The van der Waals surface area contributed by atoms with Gasteiger partial charge >= 0.3 is 0 Å². The molecular formula is C27H22ClFN2O6. The summed E-state index contributed by atoms with van der Waals surface area (Å²) in [5, 5.41) is 20.3. The molecule has 1 saturated carbocycles. The van der Waals surface area contributed by atoms with Gasteiger partial charge in [-0.05, 0) is 61.6 Å². The third-order valence-corrected chi connectivity index (χ3v) is 8.91. The highest BCUT2D eigenvalue weighted by molar-refractivity contribution is 6.31. The fraction of sp³-hybridized carbons (Fsp3) is 0.333. The number of nitrogens with zero attached hydrogens (tertiary/aromatic N) is 2. The van der Waals surface area contributed by atoms with Crippen LogP contribution in [0.4, 0.5) is 10.1 Å². The van der Waals surface area contributed by atoms with E-state index in [1.807, 2.05) is 6.08 Å². The average Bonchev–Trinajstić information content (AvgIpc) is 3.20. The van der Waals surface area contributed by atoms with Gasteiger partial charge in [0.25, 0.3) is 11.8 Å². The number of aromatic hydroxyl groups is 1. The number of halogens is 2. The van der Waals surface area contributed by atoms with Gasteiger partial charge in [-0.1, -0.05) is 35.4 Å². The second kappa shape index (κ2) is 7.97. The van der Waals surface area contributed by atoms with Crippen LogP contribution < -0.4 is 4.90 Å². The van der Waals surface area contributed by atoms with Crippen LogP contribution in [0.1, 0.15) is 31.2 Å². The Morgan fingerprint density at radius 1 is 1.03 bits per heavy atom. The van der Waals surface area contributed by atoms with Gasteiger partial charge in [-0.3, -0.25) is 24.4 Å². The van der Waals surface area contributed by atoms with Crippen molar-refractivity contribution >= 4 is 40.9 Å². The molecule has 2 heterocycles. The molecule has 0 aromatic heterocycles. The molecule has 2 saturated heterocycles. The molecule has 6 rings (SSSR count). The second-order valence-corrected chi connectivity index (χ2v) is 10.8. The zero-order valence-corrected chi connectivity index (χ0v) is 20.4. The SMILES string of the molecule is C[C@@]12C(=O)N(c3ccc(F)c(Cl)c3)C(=O)[C@@H]1C[C@@H]1C(=CC[C@@H]3C(=O)N(O)C(=O)[C@@H]31)[C@@H]2c1cccc(O)c1. The molecule has 2 aromatic carbocycles. The van der Waals surface area contributed by atoms with Gasteiger partial charge in [0, 0.05) is 5.92 Å². The zero-order valence-electron chi connectivity index (χ0n) is 19.6. The molecule has 2 aliphatic carbocycles. The van der Waals surface area contributed by atoms with E-state index in [2.05, 4.69) is 0 Å². The summed E-state index contributed by atoms with van der Waals surface area (Å²) in [5.41, 5.74) is 0.142. The normalized spacial score (nSPS) is 32.9. The van der Waals surface area contributed by atoms with Gasteiger partial charge in [0.2, 0.25) is 11.8 Å². The molecule has 4 aliphatic rings. The van der Waals surface area contributed by atoms with E-state index in [-0.39, 0.29) is 34.4 Å². The van der Waals surface area contributed by atoms with Crippen molar-refractivity contribution in [2.75, 3.05) is 4.90 Å². The van der Waals surface area contributed by atoms with Crippen LogP contribution in [-0.2, 0) is 19.2 Å². The molecular weight excluding hydrogens is 503 g/mol. The van der Waals surface area contributed by atoms with Crippen molar-refractivity contribution in [3.63, 3.8) is 0 Å². The number of fused-ring (bicyclic) bond motifs is 4. The Bertz CT molecular complexity index is 1440. The number of hydrogen-bond acceptors (Lipinski definition) is 6. The van der Waals surface area contributed by atoms with Crippen molar-refractivity contribution in [1.82, 2.24) is 5.06 Å². The van der Waals surface area contributed by atoms with Gasteiger partial charge in [-0.2, -0.15) is 5.06 Å². The number of allylic oxidation sites excluding steroid dienone is 2. The zero-order chi connectivity index (χ0) is 26.4. The number of phenolic OH excluding ortho intramolecular Hbond substituents is 1. The molecule has 190 valence electrons. The summed E-state index contributed by atoms with van der Waals surface area (Å²) in [4.78, 5) is 54.5. The predicted molar refractivity (Wildman–Crippen MR) is 128 cm³/mol. The van der Waals surface area contributed by atoms with Crippen molar-refractivity contribution in [3.8, 4) is 5.75 Å². The fourth-order valence-electron chi connectivity index (χ4n) is 6.95. The van der Waals surface area contributed by atoms with Crippen LogP contribution in [0.25, 0.3) is 0 Å². The molecule has 10 heteroatoms. The highest BCUT2D eigenvalue weighted by Crippen LogP contribution is 2.63. The van der Waals surface area contributed by atoms with Gasteiger partial charge < -0.3 is 5.11 Å². The Morgan fingerprint density at radius 2 is 1.78 bits per heavy atom. The van der Waals surface area contributed by atoms with Crippen LogP contribution >= 0.6 is 11.6 Å². The van der Waals surface area contributed by atoms with E-state index in [0.717, 1.165) is 16.5 Å². The lowest BCUT2D eigenvalue weighted by Crippen LogP contribution is -2.48. The molecule has 0 bridgehead atoms. The lowest BCUT2D eigenvalue weighted by atomic mass is 9.51. The number of anilines is 1. The Morgan fingerprint density at radius 3 is 2.49 bits per heavy atom. The first kappa shape index (κ1) is 23.8. The number of amides is 4. The van der Waals surface area contributed by atoms with Crippen LogP contribution in [0.5, 0.6) is 5.75 Å². The van der Waals surface area contributed by atoms with Crippen molar-refractivity contribution < 1.29 is 33.9 Å². The largest absolute Gasteiger partial charge is 0.508 e. The average molecular weight is 525 g/mol. The van der Waals surface area contributed by atoms with Gasteiger partial charge in [0.1, 0.15) is 11.6 Å². The van der Waals surface area contributed by atoms with Crippen LogP contribution in [0.15, 0.2) is 54.1 Å². The summed E-state index contributed by atoms with van der Waals surface area (Å²) in [6.45, 7) is 1.70. The summed E-state index contributed by atoms with van der Waals surface area (Å²) < 4.78 is 13.9. The smallest absolute Gasteiger partial charge is 0.257 e. The fourth-order valence-corrected chi connectivity index (χ4v) is 7.13. The highest BCUT2D eigenvalue weighted by Gasteiger charge is 2.67. The quantitative estimate of drug-likeness (QED) is 0.351. The molecule has 37 heavy (non-hydrogen) atoms. The lowest BCUT2D eigenvalue weighted by molar-refractivity contribution is -0.173. The highest BCUT2D eigenvalue weighted by atomic mass is 35.5. The number of carbonyl (C=O) groups is 4. The monoisotopic (exact) mass is 524 g/mol. The Balaban J connectivity index is 1.53. The molecule has 0 radical (unpaired) electrons. The minimum absolute atomic E-state index is 0.0262. The summed E-state index contributed by atoms with van der Waals surface area (Å²) in [7, 11) is 0. The number of carbonyl (C=O) groups excluding carboxylic acids is 4. The molecule has 2 aliphatic heterocycles. The van der Waals surface area contributed by atoms with Crippen molar-refractivity contribution in [1.29, 1.82) is 0 Å². The maximum absolute atomic E-state index is 14.1. The van der Waals surface area contributed by atoms with E-state index in [1.165, 1.54) is 24.3 Å². The number of hydroxylamine groups is 2. The first-order valence-corrected chi connectivity index (χ1v) is 12.3. The molecule has 4 amide bonds. The Hall–Kier alpha value is -3.56. The second-order valence-electron chi connectivity index (χ2n) is 10.3. The Labute approximate surface area is 215 Å². The lowest BCUT2D eigenvalue weighted by Gasteiger charge is -2.49. The van der Waals surface area contributed by atoms with Crippen molar-refractivity contribution in [2.24, 2.45) is 29.1 Å². The van der Waals surface area contributed by atoms with E-state index in [0.29, 0.717) is 5.56 Å². The van der Waals surface area contributed by atoms with Gasteiger partial charge in [0.15, 0.2) is 0 Å². The van der Waals surface area contributed by atoms with E-state index < -0.39 is 64.5 Å². The maximum atomic E-state index is 14.1. The first-order chi connectivity index (χ1) is 17.6. The van der Waals surface area contributed by atoms with Crippen molar-refractivity contribution in [3.05, 3.63) is 70.5 Å². The number of phenols is 1. The Kier molecular flexibility index (Phi) is 5.13. The van der Waals surface area contributed by atoms with Crippen LogP contribution in [0.3, 0.4) is 0 Å². The summed E-state index contributed by atoms with van der Waals surface area (Å²) in [6, 6.07) is 10.0. The predicted octanol–water partition coefficient (Wildman–Crippen LogP) is 3.80. The third-order valence-electron chi connectivity index (χ3n) is 8.62. The van der Waals surface area contributed by atoms with Crippen molar-refractivity contribution in [2.45, 2.75) is 25.7 Å². The van der Waals surface area contributed by atoms with E-state index >= 15 is 0 Å². The van der Waals surface area contributed by atoms with E-state index in [1.54, 1.807) is 19.1 Å². The molecule has 6 atom stereocenters. The van der Waals surface area contributed by atoms with Crippen LogP contribution in [-0.4, -0.2) is 39.0 Å². The molecule has 8 nitrogen and oxygen atoms in total. The van der Waals surface area contributed by atoms with Crippen LogP contribution in [0, 0.1) is 34.9 Å². The summed E-state index contributed by atoms with van der Waals surface area (Å²) >= 11 is 5.96. The summed E-state index contributed by atoms with van der Waals surface area (Å²) in [5.74, 6) is -6.90. The summed E-state index contributed by atoms with van der Waals surface area (Å²) in [6.07, 6.45) is 2.15. The number of hydrogen-bond donors (Lipinski definition) is 2. The molecule has 0 spiro atoms. The number of benzene rings is 2. The van der Waals surface area contributed by atoms with E-state index in [4.69, 9.17) is 11.6 Å². The minimum Gasteiger partial charge on any atom is -0.508 e. The topological polar surface area (TPSA) is 115 Å². The van der Waals surface area contributed by atoms with Gasteiger partial charge in [0.05, 0.1) is 33.9 Å². The van der Waals surface area contributed by atoms with Crippen LogP contribution in [0.2, 0.25) is 5.02 Å². The number of rotatable bonds is 2. The van der Waals surface area contributed by atoms with E-state index in [9.17, 15) is 33.9 Å². The molecule has 2 N–H and O–H groups in total. The maximum Gasteiger partial charge on any atom is 0.257 e. The van der Waals surface area contributed by atoms with Gasteiger partial charge in [-0.25, -0.2) is 9.29 Å². The first-order valence-electron chi connectivity index (χ1n) is 11.9.